The SMILES string of the molecule is CC(C)C(=O)Nc1cc(C(=O)O)cc(S(C)(=O)=O)c1. The van der Waals surface area contributed by atoms with Crippen LogP contribution in [-0.4, -0.2) is 31.7 Å². The van der Waals surface area contributed by atoms with Gasteiger partial charge in [-0.3, -0.25) is 4.79 Å². The first-order valence-corrected chi connectivity index (χ1v) is 7.39. The molecule has 1 rings (SSSR count). The number of carboxylic acid groups (broad SMARTS) is 1. The van der Waals surface area contributed by atoms with Gasteiger partial charge in [0.15, 0.2) is 9.84 Å². The van der Waals surface area contributed by atoms with E-state index >= 15 is 0 Å². The van der Waals surface area contributed by atoms with Crippen LogP contribution in [0.25, 0.3) is 0 Å². The lowest BCUT2D eigenvalue weighted by atomic mass is 10.1. The van der Waals surface area contributed by atoms with Gasteiger partial charge in [0, 0.05) is 17.9 Å². The first-order valence-electron chi connectivity index (χ1n) is 5.50. The molecule has 0 aliphatic heterocycles. The summed E-state index contributed by atoms with van der Waals surface area (Å²) < 4.78 is 22.9. The molecule has 7 heteroatoms. The maximum Gasteiger partial charge on any atom is 0.335 e. The summed E-state index contributed by atoms with van der Waals surface area (Å²) in [4.78, 5) is 22.3. The third kappa shape index (κ3) is 4.06. The zero-order valence-corrected chi connectivity index (χ0v) is 11.6. The molecule has 0 radical (unpaired) electrons. The molecule has 19 heavy (non-hydrogen) atoms. The lowest BCUT2D eigenvalue weighted by molar-refractivity contribution is -0.118. The predicted molar refractivity (Wildman–Crippen MR) is 70.0 cm³/mol. The van der Waals surface area contributed by atoms with Gasteiger partial charge < -0.3 is 10.4 Å². The average Bonchev–Trinajstić information content (AvgIpc) is 2.27. The molecule has 6 nitrogen and oxygen atoms in total. The standard InChI is InChI=1S/C12H15NO5S/c1-7(2)11(14)13-9-4-8(12(15)16)5-10(6-9)19(3,17)18/h4-7H,1-3H3,(H,13,14)(H,15,16). The Morgan fingerprint density at radius 2 is 1.79 bits per heavy atom. The van der Waals surface area contributed by atoms with E-state index in [1.807, 2.05) is 0 Å². The van der Waals surface area contributed by atoms with Crippen molar-refractivity contribution < 1.29 is 23.1 Å². The molecule has 1 aromatic carbocycles. The number of carboxylic acids is 1. The fourth-order valence-electron chi connectivity index (χ4n) is 1.30. The fourth-order valence-corrected chi connectivity index (χ4v) is 1.98. The zero-order chi connectivity index (χ0) is 14.8. The third-order valence-electron chi connectivity index (χ3n) is 2.37. The molecular weight excluding hydrogens is 270 g/mol. The van der Waals surface area contributed by atoms with E-state index in [9.17, 15) is 18.0 Å². The number of anilines is 1. The number of sulfone groups is 1. The Morgan fingerprint density at radius 1 is 1.21 bits per heavy atom. The minimum absolute atomic E-state index is 0.147. The van der Waals surface area contributed by atoms with Crippen molar-refractivity contribution in [2.24, 2.45) is 5.92 Å². The molecule has 1 aromatic rings. The minimum atomic E-state index is -3.55. The van der Waals surface area contributed by atoms with Crippen molar-refractivity contribution in [3.63, 3.8) is 0 Å². The summed E-state index contributed by atoms with van der Waals surface area (Å²) in [6.07, 6.45) is 0.974. The topological polar surface area (TPSA) is 101 Å². The number of aromatic carboxylic acids is 1. The van der Waals surface area contributed by atoms with E-state index < -0.39 is 15.8 Å². The number of hydrogen-bond acceptors (Lipinski definition) is 4. The fraction of sp³-hybridized carbons (Fsp3) is 0.333. The van der Waals surface area contributed by atoms with Crippen molar-refractivity contribution >= 4 is 27.4 Å². The summed E-state index contributed by atoms with van der Waals surface area (Å²) in [6, 6.07) is 3.52. The van der Waals surface area contributed by atoms with E-state index in [2.05, 4.69) is 5.32 Å². The second-order valence-corrected chi connectivity index (χ2v) is 6.48. The molecule has 0 aliphatic rings. The van der Waals surface area contributed by atoms with E-state index in [-0.39, 0.29) is 28.0 Å². The molecule has 0 saturated heterocycles. The Hall–Kier alpha value is -1.89. The lowest BCUT2D eigenvalue weighted by Gasteiger charge is -2.10. The molecule has 0 atom stereocenters. The molecular formula is C12H15NO5S. The van der Waals surface area contributed by atoms with Crippen LogP contribution in [0.2, 0.25) is 0 Å². The number of amides is 1. The Kier molecular flexibility index (Phi) is 4.31. The molecule has 0 aromatic heterocycles. The molecule has 2 N–H and O–H groups in total. The summed E-state index contributed by atoms with van der Waals surface area (Å²) >= 11 is 0. The van der Waals surface area contributed by atoms with Crippen molar-refractivity contribution in [3.8, 4) is 0 Å². The Balaban J connectivity index is 3.29. The van der Waals surface area contributed by atoms with E-state index in [4.69, 9.17) is 5.11 Å². The first kappa shape index (κ1) is 15.2. The highest BCUT2D eigenvalue weighted by Crippen LogP contribution is 2.19. The number of carbonyl (C=O) groups excluding carboxylic acids is 1. The van der Waals surface area contributed by atoms with E-state index in [0.29, 0.717) is 0 Å². The maximum atomic E-state index is 11.5. The average molecular weight is 285 g/mol. The van der Waals surface area contributed by atoms with Crippen molar-refractivity contribution in [3.05, 3.63) is 23.8 Å². The van der Waals surface area contributed by atoms with Gasteiger partial charge in [-0.05, 0) is 18.2 Å². The zero-order valence-electron chi connectivity index (χ0n) is 10.8. The molecule has 0 saturated carbocycles. The number of benzene rings is 1. The highest BCUT2D eigenvalue weighted by molar-refractivity contribution is 7.90. The van der Waals surface area contributed by atoms with E-state index in [1.165, 1.54) is 12.1 Å². The van der Waals surface area contributed by atoms with Gasteiger partial charge in [-0.15, -0.1) is 0 Å². The van der Waals surface area contributed by atoms with E-state index in [0.717, 1.165) is 12.3 Å². The van der Waals surface area contributed by atoms with Crippen molar-refractivity contribution in [1.82, 2.24) is 0 Å². The van der Waals surface area contributed by atoms with Crippen molar-refractivity contribution in [2.45, 2.75) is 18.7 Å². The molecule has 0 fully saturated rings. The molecule has 0 heterocycles. The van der Waals surface area contributed by atoms with Crippen molar-refractivity contribution in [2.75, 3.05) is 11.6 Å². The van der Waals surface area contributed by atoms with Crippen LogP contribution in [0.4, 0.5) is 5.69 Å². The monoisotopic (exact) mass is 285 g/mol. The second-order valence-electron chi connectivity index (χ2n) is 4.47. The van der Waals surface area contributed by atoms with Gasteiger partial charge in [-0.1, -0.05) is 13.8 Å². The summed E-state index contributed by atoms with van der Waals surface area (Å²) in [7, 11) is -3.55. The van der Waals surface area contributed by atoms with Crippen LogP contribution in [-0.2, 0) is 14.6 Å². The summed E-state index contributed by atoms with van der Waals surface area (Å²) in [5, 5.41) is 11.4. The molecule has 0 bridgehead atoms. The Labute approximate surface area is 111 Å². The molecule has 0 spiro atoms. The summed E-state index contributed by atoms with van der Waals surface area (Å²) in [5.74, 6) is -1.87. The highest BCUT2D eigenvalue weighted by Gasteiger charge is 2.15. The maximum absolute atomic E-state index is 11.5. The smallest absolute Gasteiger partial charge is 0.335 e. The van der Waals surface area contributed by atoms with Crippen LogP contribution >= 0.6 is 0 Å². The lowest BCUT2D eigenvalue weighted by Crippen LogP contribution is -2.18. The van der Waals surface area contributed by atoms with Gasteiger partial charge in [-0.2, -0.15) is 0 Å². The van der Waals surface area contributed by atoms with Crippen LogP contribution in [0.15, 0.2) is 23.1 Å². The second kappa shape index (κ2) is 5.40. The third-order valence-corrected chi connectivity index (χ3v) is 3.47. The summed E-state index contributed by atoms with van der Waals surface area (Å²) in [5.41, 5.74) is -0.0407. The van der Waals surface area contributed by atoms with Crippen LogP contribution in [0.1, 0.15) is 24.2 Å². The number of nitrogens with one attached hydrogen (secondary N) is 1. The van der Waals surface area contributed by atoms with Gasteiger partial charge >= 0.3 is 5.97 Å². The van der Waals surface area contributed by atoms with Gasteiger partial charge in [0.2, 0.25) is 5.91 Å². The van der Waals surface area contributed by atoms with Crippen LogP contribution in [0, 0.1) is 5.92 Å². The number of rotatable bonds is 4. The predicted octanol–water partition coefficient (Wildman–Crippen LogP) is 1.38. The van der Waals surface area contributed by atoms with Crippen LogP contribution < -0.4 is 5.32 Å². The number of carbonyl (C=O) groups is 2. The van der Waals surface area contributed by atoms with Gasteiger partial charge in [0.05, 0.1) is 10.5 Å². The van der Waals surface area contributed by atoms with Gasteiger partial charge in [0.25, 0.3) is 0 Å². The van der Waals surface area contributed by atoms with Crippen LogP contribution in [0.3, 0.4) is 0 Å². The molecule has 0 aliphatic carbocycles. The number of hydrogen-bond donors (Lipinski definition) is 2. The Morgan fingerprint density at radius 3 is 2.21 bits per heavy atom. The highest BCUT2D eigenvalue weighted by atomic mass is 32.2. The molecule has 1 amide bonds. The van der Waals surface area contributed by atoms with Gasteiger partial charge in [-0.25, -0.2) is 13.2 Å². The van der Waals surface area contributed by atoms with Gasteiger partial charge in [0.1, 0.15) is 0 Å². The Bertz CT molecular complexity index is 619. The minimum Gasteiger partial charge on any atom is -0.478 e. The van der Waals surface area contributed by atoms with Crippen molar-refractivity contribution in [1.29, 1.82) is 0 Å². The molecule has 104 valence electrons. The van der Waals surface area contributed by atoms with E-state index in [1.54, 1.807) is 13.8 Å². The molecule has 0 unspecified atom stereocenters. The normalized spacial score (nSPS) is 11.4. The largest absolute Gasteiger partial charge is 0.478 e. The quantitative estimate of drug-likeness (QED) is 0.870. The van der Waals surface area contributed by atoms with Crippen LogP contribution in [0.5, 0.6) is 0 Å². The first-order chi connectivity index (χ1) is 8.61. The summed E-state index contributed by atoms with van der Waals surface area (Å²) in [6.45, 7) is 3.35.